The van der Waals surface area contributed by atoms with Gasteiger partial charge in [0.05, 0.1) is 17.0 Å². The highest BCUT2D eigenvalue weighted by Crippen LogP contribution is 2.36. The van der Waals surface area contributed by atoms with E-state index in [1.54, 1.807) is 24.3 Å². The summed E-state index contributed by atoms with van der Waals surface area (Å²) in [6, 6.07) is 22.9. The molecule has 3 aromatic carbocycles. The molecule has 0 spiro atoms. The largest absolute Gasteiger partial charge is 0.495 e. The summed E-state index contributed by atoms with van der Waals surface area (Å²) in [4.78, 5) is 39.8. The molecule has 1 aliphatic rings. The molecule has 1 fully saturated rings. The molecule has 0 bridgehead atoms. The average Bonchev–Trinajstić information content (AvgIpc) is 3.32. The zero-order chi connectivity index (χ0) is 26.8. The zero-order valence-electron chi connectivity index (χ0n) is 20.7. The summed E-state index contributed by atoms with van der Waals surface area (Å²) in [6.45, 7) is 2.28. The number of carbonyl (C=O) groups excluding carboxylic acids is 3. The summed E-state index contributed by atoms with van der Waals surface area (Å²) >= 11 is 6.95. The van der Waals surface area contributed by atoms with Crippen LogP contribution in [0.3, 0.4) is 0 Å². The Hall–Kier alpha value is -4.01. The van der Waals surface area contributed by atoms with Crippen molar-refractivity contribution in [1.29, 1.82) is 0 Å². The van der Waals surface area contributed by atoms with E-state index in [4.69, 9.17) is 16.3 Å². The van der Waals surface area contributed by atoms with Crippen molar-refractivity contribution in [2.45, 2.75) is 13.5 Å². The van der Waals surface area contributed by atoms with E-state index >= 15 is 0 Å². The number of nitrogens with one attached hydrogen (secondary N) is 1. The topological polar surface area (TPSA) is 80.6 Å². The van der Waals surface area contributed by atoms with Crippen LogP contribution in [0.5, 0.6) is 5.75 Å². The molecule has 0 aliphatic carbocycles. The third-order valence-electron chi connectivity index (χ3n) is 6.35. The Balaban J connectivity index is 1.38. The molecule has 192 valence electrons. The van der Waals surface area contributed by atoms with Gasteiger partial charge >= 0.3 is 0 Å². The van der Waals surface area contributed by atoms with Gasteiger partial charge in [0, 0.05) is 34.4 Å². The number of carbonyl (C=O) groups is 3. The van der Waals surface area contributed by atoms with Crippen LogP contribution < -0.4 is 10.1 Å². The summed E-state index contributed by atoms with van der Waals surface area (Å²) < 4.78 is 7.32. The minimum atomic E-state index is -0.509. The Bertz CT molecular complexity index is 1600. The molecule has 38 heavy (non-hydrogen) atoms. The predicted octanol–water partition coefficient (Wildman–Crippen LogP) is 6.34. The van der Waals surface area contributed by atoms with Crippen molar-refractivity contribution in [3.63, 3.8) is 0 Å². The number of hydrogen-bond donors (Lipinski definition) is 1. The second-order valence-electron chi connectivity index (χ2n) is 8.75. The van der Waals surface area contributed by atoms with Crippen molar-refractivity contribution in [3.8, 4) is 5.75 Å². The fourth-order valence-corrected chi connectivity index (χ4v) is 5.54. The normalized spacial score (nSPS) is 14.5. The standard InChI is InChI=1S/C29H24ClN3O4S/c1-18-22(21-10-6-7-11-24(21)32(18)16-19-8-4-3-5-9-19)15-26-28(35)33(29(36)38-26)17-27(34)31-20-12-13-25(37-2)23(30)14-20/h3-15H,16-17H2,1-2H3,(H,31,34)/b26-15-. The van der Waals surface area contributed by atoms with Gasteiger partial charge in [-0.3, -0.25) is 19.3 Å². The molecule has 2 heterocycles. The van der Waals surface area contributed by atoms with Gasteiger partial charge in [0.25, 0.3) is 11.1 Å². The monoisotopic (exact) mass is 545 g/mol. The predicted molar refractivity (Wildman–Crippen MR) is 152 cm³/mol. The summed E-state index contributed by atoms with van der Waals surface area (Å²) in [5.41, 5.74) is 4.49. The molecule has 3 amide bonds. The highest BCUT2D eigenvalue weighted by molar-refractivity contribution is 8.18. The van der Waals surface area contributed by atoms with Crippen molar-refractivity contribution < 1.29 is 19.1 Å². The number of fused-ring (bicyclic) bond motifs is 1. The maximum Gasteiger partial charge on any atom is 0.294 e. The van der Waals surface area contributed by atoms with Gasteiger partial charge in [-0.05, 0) is 54.6 Å². The lowest BCUT2D eigenvalue weighted by Crippen LogP contribution is -2.36. The number of benzene rings is 3. The third-order valence-corrected chi connectivity index (χ3v) is 7.55. The highest BCUT2D eigenvalue weighted by Gasteiger charge is 2.36. The molecule has 0 unspecified atom stereocenters. The molecule has 0 radical (unpaired) electrons. The van der Waals surface area contributed by atoms with E-state index in [0.29, 0.717) is 23.0 Å². The van der Waals surface area contributed by atoms with Crippen LogP contribution in [0.25, 0.3) is 17.0 Å². The van der Waals surface area contributed by atoms with Gasteiger partial charge < -0.3 is 14.6 Å². The number of halogens is 1. The van der Waals surface area contributed by atoms with Gasteiger partial charge in [-0.1, -0.05) is 60.1 Å². The van der Waals surface area contributed by atoms with Gasteiger partial charge in [0.1, 0.15) is 12.3 Å². The van der Waals surface area contributed by atoms with Crippen LogP contribution >= 0.6 is 23.4 Å². The molecular weight excluding hydrogens is 522 g/mol. The van der Waals surface area contributed by atoms with Crippen molar-refractivity contribution in [2.24, 2.45) is 0 Å². The summed E-state index contributed by atoms with van der Waals surface area (Å²) in [6.07, 6.45) is 1.76. The number of imide groups is 1. The quantitative estimate of drug-likeness (QED) is 0.274. The van der Waals surface area contributed by atoms with E-state index in [1.165, 1.54) is 7.11 Å². The fourth-order valence-electron chi connectivity index (χ4n) is 4.47. The fraction of sp³-hybridized carbons (Fsp3) is 0.138. The molecule has 1 N–H and O–H groups in total. The van der Waals surface area contributed by atoms with Crippen LogP contribution in [0.4, 0.5) is 10.5 Å². The van der Waals surface area contributed by atoms with Crippen LogP contribution in [0.1, 0.15) is 16.8 Å². The molecule has 7 nitrogen and oxygen atoms in total. The second kappa shape index (κ2) is 10.8. The van der Waals surface area contributed by atoms with Crippen LogP contribution in [-0.2, 0) is 16.1 Å². The summed E-state index contributed by atoms with van der Waals surface area (Å²) in [5.74, 6) is -0.534. The van der Waals surface area contributed by atoms with E-state index in [-0.39, 0.29) is 4.91 Å². The maximum absolute atomic E-state index is 13.2. The number of ether oxygens (including phenoxy) is 1. The summed E-state index contributed by atoms with van der Waals surface area (Å²) in [5, 5.41) is 3.50. The maximum atomic E-state index is 13.2. The number of methoxy groups -OCH3 is 1. The van der Waals surface area contributed by atoms with Crippen LogP contribution in [-0.4, -0.2) is 40.2 Å². The van der Waals surface area contributed by atoms with E-state index in [9.17, 15) is 14.4 Å². The van der Waals surface area contributed by atoms with Crippen molar-refractivity contribution >= 4 is 63.1 Å². The number of aromatic nitrogens is 1. The number of amides is 3. The molecule has 4 aromatic rings. The first-order chi connectivity index (χ1) is 18.4. The molecule has 5 rings (SSSR count). The van der Waals surface area contributed by atoms with Gasteiger partial charge in [0.2, 0.25) is 5.91 Å². The number of hydrogen-bond acceptors (Lipinski definition) is 5. The van der Waals surface area contributed by atoms with E-state index in [2.05, 4.69) is 22.0 Å². The summed E-state index contributed by atoms with van der Waals surface area (Å²) in [7, 11) is 1.50. The molecule has 1 aromatic heterocycles. The number of rotatable bonds is 7. The Labute approximate surface area is 229 Å². The highest BCUT2D eigenvalue weighted by atomic mass is 35.5. The van der Waals surface area contributed by atoms with Gasteiger partial charge in [0.15, 0.2) is 0 Å². The minimum absolute atomic E-state index is 0.279. The van der Waals surface area contributed by atoms with Gasteiger partial charge in [-0.2, -0.15) is 0 Å². The lowest BCUT2D eigenvalue weighted by atomic mass is 10.1. The third kappa shape index (κ3) is 5.05. The number of thioether (sulfide) groups is 1. The number of anilines is 1. The first kappa shape index (κ1) is 25.6. The molecule has 0 atom stereocenters. The van der Waals surface area contributed by atoms with Gasteiger partial charge in [-0.15, -0.1) is 0 Å². The number of para-hydroxylation sites is 1. The lowest BCUT2D eigenvalue weighted by Gasteiger charge is -2.13. The molecule has 1 saturated heterocycles. The van der Waals surface area contributed by atoms with Crippen molar-refractivity contribution in [2.75, 3.05) is 19.0 Å². The van der Waals surface area contributed by atoms with Gasteiger partial charge in [-0.25, -0.2) is 0 Å². The molecule has 0 saturated carbocycles. The van der Waals surface area contributed by atoms with Crippen LogP contribution in [0, 0.1) is 6.92 Å². The molecule has 1 aliphatic heterocycles. The minimum Gasteiger partial charge on any atom is -0.495 e. The molecular formula is C29H24ClN3O4S. The Morgan fingerprint density at radius 3 is 2.53 bits per heavy atom. The van der Waals surface area contributed by atoms with E-state index in [0.717, 1.165) is 44.4 Å². The smallest absolute Gasteiger partial charge is 0.294 e. The van der Waals surface area contributed by atoms with Crippen LogP contribution in [0.15, 0.2) is 77.7 Å². The van der Waals surface area contributed by atoms with E-state index < -0.39 is 23.6 Å². The zero-order valence-corrected chi connectivity index (χ0v) is 22.3. The van der Waals surface area contributed by atoms with Crippen LogP contribution in [0.2, 0.25) is 5.02 Å². The first-order valence-corrected chi connectivity index (χ1v) is 13.1. The van der Waals surface area contributed by atoms with Crippen molar-refractivity contribution in [3.05, 3.63) is 99.5 Å². The van der Waals surface area contributed by atoms with E-state index in [1.807, 2.05) is 49.4 Å². The second-order valence-corrected chi connectivity index (χ2v) is 10.2. The first-order valence-electron chi connectivity index (χ1n) is 11.9. The Morgan fingerprint density at radius 1 is 1.05 bits per heavy atom. The van der Waals surface area contributed by atoms with Crippen molar-refractivity contribution in [1.82, 2.24) is 9.47 Å². The SMILES string of the molecule is COc1ccc(NC(=O)CN2C(=O)S/C(=C\c3c(C)n(Cc4ccccc4)c4ccccc34)C2=O)cc1Cl. The lowest BCUT2D eigenvalue weighted by molar-refractivity contribution is -0.127. The molecule has 9 heteroatoms. The average molecular weight is 546 g/mol. The number of nitrogens with zero attached hydrogens (tertiary/aromatic N) is 2. The Kier molecular flexibility index (Phi) is 7.26. The Morgan fingerprint density at radius 2 is 1.79 bits per heavy atom.